The van der Waals surface area contributed by atoms with Crippen LogP contribution in [0.25, 0.3) is 5.73 Å². The number of aliphatic carboxylic acids is 1. The fourth-order valence-corrected chi connectivity index (χ4v) is 1.26. The van der Waals surface area contributed by atoms with E-state index in [4.69, 9.17) is 10.8 Å². The van der Waals surface area contributed by atoms with E-state index < -0.39 is 12.0 Å². The molecule has 1 atom stereocenters. The van der Waals surface area contributed by atoms with Crippen molar-refractivity contribution in [1.29, 1.82) is 0 Å². The SMILES string of the molecule is CC[SH+]CCC([NH-])C(=O)O.[Br][Pd][Br]. The predicted molar refractivity (Wildman–Crippen MR) is 62.4 cm³/mol. The van der Waals surface area contributed by atoms with Crippen LogP contribution in [-0.2, 0) is 30.5 Å². The Morgan fingerprint density at radius 3 is 2.46 bits per heavy atom. The van der Waals surface area contributed by atoms with Gasteiger partial charge in [0, 0.05) is 0 Å². The van der Waals surface area contributed by atoms with E-state index in [1.165, 1.54) is 11.8 Å². The molecule has 0 fully saturated rings. The molecule has 0 saturated heterocycles. The van der Waals surface area contributed by atoms with Crippen molar-refractivity contribution in [3.8, 4) is 0 Å². The van der Waals surface area contributed by atoms with Crippen molar-refractivity contribution in [3.63, 3.8) is 0 Å². The fourth-order valence-electron chi connectivity index (χ4n) is 0.502. The molecule has 0 spiro atoms. The molecule has 7 heteroatoms. The zero-order valence-electron chi connectivity index (χ0n) is 7.07. The molecule has 13 heavy (non-hydrogen) atoms. The zero-order chi connectivity index (χ0) is 10.7. The molecule has 0 heterocycles. The third-order valence-corrected chi connectivity index (χ3v) is 2.12. The molecular weight excluding hydrogens is 416 g/mol. The molecule has 3 nitrogen and oxygen atoms in total. The number of hydrogen-bond acceptors (Lipinski definition) is 1. The first-order valence-corrected chi connectivity index (χ1v) is 11.9. The van der Waals surface area contributed by atoms with Crippen LogP contribution >= 0.6 is 26.9 Å². The Bertz CT molecular complexity index is 131. The van der Waals surface area contributed by atoms with Gasteiger partial charge in [-0.15, -0.1) is 0 Å². The fraction of sp³-hybridized carbons (Fsp3) is 0.833. The number of hydrogen-bond donors (Lipinski definition) is 1. The van der Waals surface area contributed by atoms with E-state index in [9.17, 15) is 4.79 Å². The Morgan fingerprint density at radius 2 is 2.15 bits per heavy atom. The molecule has 0 aliphatic rings. The molecule has 0 saturated carbocycles. The third kappa shape index (κ3) is 16.1. The van der Waals surface area contributed by atoms with Gasteiger partial charge in [0.2, 0.25) is 0 Å². The van der Waals surface area contributed by atoms with Gasteiger partial charge in [0.25, 0.3) is 5.97 Å². The predicted octanol–water partition coefficient (Wildman–Crippen LogP) is 2.41. The van der Waals surface area contributed by atoms with Gasteiger partial charge < -0.3 is 10.8 Å². The monoisotopic (exact) mass is 427 g/mol. The number of carboxylic acid groups (broad SMARTS) is 1. The summed E-state index contributed by atoms with van der Waals surface area (Å²) in [4.78, 5) is 10.1. The summed E-state index contributed by atoms with van der Waals surface area (Å²) in [7, 11) is 0. The number of carboxylic acids is 1. The van der Waals surface area contributed by atoms with Gasteiger partial charge >= 0.3 is 40.8 Å². The van der Waals surface area contributed by atoms with E-state index in [1.54, 1.807) is 0 Å². The summed E-state index contributed by atoms with van der Waals surface area (Å²) >= 11 is 8.04. The molecule has 0 aromatic rings. The van der Waals surface area contributed by atoms with Crippen LogP contribution in [0.2, 0.25) is 0 Å². The molecule has 0 bridgehead atoms. The van der Waals surface area contributed by atoms with Crippen molar-refractivity contribution in [3.05, 3.63) is 5.73 Å². The minimum absolute atomic E-state index is 0.477. The maximum absolute atomic E-state index is 10.1. The molecule has 0 aromatic heterocycles. The molecule has 2 N–H and O–H groups in total. The molecule has 0 aliphatic heterocycles. The van der Waals surface area contributed by atoms with Crippen molar-refractivity contribution < 1.29 is 23.8 Å². The van der Waals surface area contributed by atoms with Crippen LogP contribution < -0.4 is 0 Å². The second-order valence-electron chi connectivity index (χ2n) is 1.99. The van der Waals surface area contributed by atoms with Crippen molar-refractivity contribution in [2.24, 2.45) is 0 Å². The van der Waals surface area contributed by atoms with Gasteiger partial charge in [0.15, 0.2) is 0 Å². The van der Waals surface area contributed by atoms with Crippen molar-refractivity contribution in [2.45, 2.75) is 19.4 Å². The van der Waals surface area contributed by atoms with Crippen LogP contribution in [0.3, 0.4) is 0 Å². The van der Waals surface area contributed by atoms with E-state index in [1.807, 2.05) is 6.92 Å². The van der Waals surface area contributed by atoms with Crippen molar-refractivity contribution >= 4 is 44.6 Å². The third-order valence-electron chi connectivity index (χ3n) is 1.10. The second kappa shape index (κ2) is 13.4. The van der Waals surface area contributed by atoms with Crippen LogP contribution in [0, 0.1) is 0 Å². The van der Waals surface area contributed by atoms with E-state index >= 15 is 0 Å². The number of thiol groups is 1. The van der Waals surface area contributed by atoms with Gasteiger partial charge in [-0.3, -0.25) is 4.79 Å². The number of rotatable bonds is 5. The summed E-state index contributed by atoms with van der Waals surface area (Å²) in [6.07, 6.45) is 0.477. The average Bonchev–Trinajstić information content (AvgIpc) is 2.06. The topological polar surface area (TPSA) is 61.1 Å². The summed E-state index contributed by atoms with van der Waals surface area (Å²) in [5.41, 5.74) is 7.00. The summed E-state index contributed by atoms with van der Waals surface area (Å²) in [5, 5.41) is 8.29. The maximum atomic E-state index is 10.1. The van der Waals surface area contributed by atoms with Crippen molar-refractivity contribution in [2.75, 3.05) is 11.5 Å². The molecule has 1 unspecified atom stereocenters. The first kappa shape index (κ1) is 16.8. The average molecular weight is 429 g/mol. The number of halogens is 2. The van der Waals surface area contributed by atoms with Crippen LogP contribution in [0.15, 0.2) is 0 Å². The van der Waals surface area contributed by atoms with Gasteiger partial charge in [-0.2, -0.15) is 0 Å². The van der Waals surface area contributed by atoms with Gasteiger partial charge in [0.1, 0.15) is 11.5 Å². The number of nitrogens with one attached hydrogen (secondary N) is 1. The number of carbonyl (C=O) groups is 1. The van der Waals surface area contributed by atoms with Crippen LogP contribution in [0.5, 0.6) is 0 Å². The van der Waals surface area contributed by atoms with E-state index in [-0.39, 0.29) is 0 Å². The molecule has 0 amide bonds. The van der Waals surface area contributed by atoms with Crippen LogP contribution in [0.4, 0.5) is 0 Å². The Hall–Kier alpha value is 1.40. The first-order chi connectivity index (χ1) is 6.09. The summed E-state index contributed by atoms with van der Waals surface area (Å²) in [5.74, 6) is 0.870. The van der Waals surface area contributed by atoms with Crippen LogP contribution in [-0.4, -0.2) is 28.6 Å². The van der Waals surface area contributed by atoms with E-state index in [0.717, 1.165) is 11.5 Å². The molecule has 0 aromatic carbocycles. The van der Waals surface area contributed by atoms with E-state index in [2.05, 4.69) is 26.9 Å². The van der Waals surface area contributed by atoms with Crippen molar-refractivity contribution in [1.82, 2.24) is 0 Å². The normalized spacial score (nSPS) is 11.7. The first-order valence-electron chi connectivity index (χ1n) is 3.49. The van der Waals surface area contributed by atoms with Crippen LogP contribution in [0.1, 0.15) is 13.3 Å². The minimum atomic E-state index is -1.01. The molecular formula is C6H13Br2NO2PdS. The van der Waals surface area contributed by atoms with Gasteiger partial charge in [-0.1, -0.05) is 0 Å². The Kier molecular flexibility index (Phi) is 17.3. The van der Waals surface area contributed by atoms with E-state index in [0.29, 0.717) is 20.4 Å². The Balaban J connectivity index is 0. The molecule has 84 valence electrons. The van der Waals surface area contributed by atoms with Gasteiger partial charge in [-0.05, 0) is 31.1 Å². The Labute approximate surface area is 104 Å². The zero-order valence-corrected chi connectivity index (χ0v) is 12.7. The molecule has 0 rings (SSSR count). The molecule has 0 aliphatic carbocycles. The standard InChI is InChI=1S/C6H12NO2S.2BrH.Pd/c1-2-10-4-3-5(7)6(8)9;;;/h5,7H,2-4H2,1H3,(H,8,9);2*1H;/q-1;;;+2/p-1. The Morgan fingerprint density at radius 1 is 1.69 bits per heavy atom. The van der Waals surface area contributed by atoms with Gasteiger partial charge in [0.05, 0.1) is 0 Å². The quantitative estimate of drug-likeness (QED) is 0.316. The molecule has 0 radical (unpaired) electrons. The summed E-state index contributed by atoms with van der Waals surface area (Å²) in [6, 6.07) is -0.918. The summed E-state index contributed by atoms with van der Waals surface area (Å²) < 4.78 is 0. The second-order valence-corrected chi connectivity index (χ2v) is 10.7. The summed E-state index contributed by atoms with van der Waals surface area (Å²) in [6.45, 7) is 2.04. The van der Waals surface area contributed by atoms with Gasteiger partial charge in [-0.25, -0.2) is 0 Å².